The number of benzene rings is 1. The van der Waals surface area contributed by atoms with Gasteiger partial charge in [0.2, 0.25) is 0 Å². The molecule has 0 saturated carbocycles. The lowest BCUT2D eigenvalue weighted by Crippen LogP contribution is -2.24. The highest BCUT2D eigenvalue weighted by molar-refractivity contribution is 5.40. The van der Waals surface area contributed by atoms with Crippen molar-refractivity contribution in [3.8, 4) is 11.8 Å². The lowest BCUT2D eigenvalue weighted by Gasteiger charge is -2.22. The number of aliphatic hydroxyl groups is 1. The average Bonchev–Trinajstić information content (AvgIpc) is 2.42. The monoisotopic (exact) mass is 262 g/mol. The molecular formula is C16H22O3. The Morgan fingerprint density at radius 1 is 1.26 bits per heavy atom. The second-order valence-electron chi connectivity index (χ2n) is 4.88. The Labute approximate surface area is 115 Å². The number of hydrogen-bond donors (Lipinski definition) is 1. The van der Waals surface area contributed by atoms with Gasteiger partial charge in [-0.3, -0.25) is 0 Å². The van der Waals surface area contributed by atoms with Crippen LogP contribution in [0.25, 0.3) is 0 Å². The quantitative estimate of drug-likeness (QED) is 0.632. The molecule has 0 aliphatic heterocycles. The van der Waals surface area contributed by atoms with E-state index in [9.17, 15) is 0 Å². The summed E-state index contributed by atoms with van der Waals surface area (Å²) in [7, 11) is 1.71. The Balaban J connectivity index is 2.49. The molecule has 3 heteroatoms. The first-order valence-corrected chi connectivity index (χ1v) is 6.39. The van der Waals surface area contributed by atoms with Crippen LogP contribution in [0.2, 0.25) is 0 Å². The average molecular weight is 262 g/mol. The number of rotatable bonds is 6. The van der Waals surface area contributed by atoms with E-state index < -0.39 is 0 Å². The van der Waals surface area contributed by atoms with Crippen molar-refractivity contribution in [2.45, 2.75) is 32.5 Å². The molecule has 1 N–H and O–H groups in total. The van der Waals surface area contributed by atoms with Crippen molar-refractivity contribution >= 4 is 0 Å². The fraction of sp³-hybridized carbons (Fsp3) is 0.500. The molecule has 0 unspecified atom stereocenters. The molecule has 0 bridgehead atoms. The molecule has 0 saturated heterocycles. The summed E-state index contributed by atoms with van der Waals surface area (Å²) >= 11 is 0. The molecule has 0 aromatic heterocycles. The molecule has 0 spiro atoms. The van der Waals surface area contributed by atoms with E-state index in [0.717, 1.165) is 17.5 Å². The van der Waals surface area contributed by atoms with Crippen LogP contribution in [0.1, 0.15) is 31.4 Å². The molecule has 1 aromatic carbocycles. The van der Waals surface area contributed by atoms with E-state index in [1.807, 2.05) is 38.1 Å². The van der Waals surface area contributed by atoms with E-state index in [1.165, 1.54) is 0 Å². The minimum atomic E-state index is -0.157. The summed E-state index contributed by atoms with van der Waals surface area (Å²) in [5.41, 5.74) is 1.79. The molecular weight excluding hydrogens is 240 g/mol. The van der Waals surface area contributed by atoms with Gasteiger partial charge < -0.3 is 14.6 Å². The van der Waals surface area contributed by atoms with Gasteiger partial charge in [0, 0.05) is 19.3 Å². The van der Waals surface area contributed by atoms with E-state index in [1.54, 1.807) is 7.11 Å². The molecule has 0 atom stereocenters. The zero-order valence-corrected chi connectivity index (χ0v) is 11.9. The van der Waals surface area contributed by atoms with Gasteiger partial charge in [0.05, 0.1) is 12.2 Å². The second kappa shape index (κ2) is 7.96. The molecule has 104 valence electrons. The molecule has 0 aliphatic carbocycles. The molecule has 1 aromatic rings. The maximum Gasteiger partial charge on any atom is 0.104 e. The molecule has 0 aliphatic rings. The van der Waals surface area contributed by atoms with Gasteiger partial charge in [-0.05, 0) is 31.9 Å². The predicted octanol–water partition coefficient (Wildman–Crippen LogP) is 2.36. The standard InChI is InChI=1S/C16H22O3/c1-16(2,18-3)10-12-19-13-15-8-5-4-7-14(15)9-6-11-17/h4-5,7-8,17H,10-13H2,1-3H3. The van der Waals surface area contributed by atoms with Gasteiger partial charge in [-0.2, -0.15) is 0 Å². The maximum absolute atomic E-state index is 8.73. The third-order valence-corrected chi connectivity index (χ3v) is 2.98. The Morgan fingerprint density at radius 2 is 2.00 bits per heavy atom. The summed E-state index contributed by atoms with van der Waals surface area (Å²) in [5, 5.41) is 8.73. The van der Waals surface area contributed by atoms with E-state index in [-0.39, 0.29) is 12.2 Å². The number of aliphatic hydroxyl groups excluding tert-OH is 1. The van der Waals surface area contributed by atoms with E-state index in [0.29, 0.717) is 13.2 Å². The number of ether oxygens (including phenoxy) is 2. The van der Waals surface area contributed by atoms with Crippen LogP contribution >= 0.6 is 0 Å². The molecule has 0 heterocycles. The summed E-state index contributed by atoms with van der Waals surface area (Å²) in [6, 6.07) is 7.81. The summed E-state index contributed by atoms with van der Waals surface area (Å²) in [6.07, 6.45) is 0.841. The molecule has 3 nitrogen and oxygen atoms in total. The Hall–Kier alpha value is -1.34. The smallest absolute Gasteiger partial charge is 0.104 e. The van der Waals surface area contributed by atoms with Crippen LogP contribution in [0.5, 0.6) is 0 Å². The van der Waals surface area contributed by atoms with Gasteiger partial charge >= 0.3 is 0 Å². The van der Waals surface area contributed by atoms with Gasteiger partial charge in [0.1, 0.15) is 6.61 Å². The third kappa shape index (κ3) is 5.89. The van der Waals surface area contributed by atoms with Gasteiger partial charge in [0.25, 0.3) is 0 Å². The summed E-state index contributed by atoms with van der Waals surface area (Å²) in [4.78, 5) is 0. The van der Waals surface area contributed by atoms with Crippen molar-refractivity contribution in [1.29, 1.82) is 0 Å². The van der Waals surface area contributed by atoms with Crippen molar-refractivity contribution in [2.24, 2.45) is 0 Å². The summed E-state index contributed by atoms with van der Waals surface area (Å²) < 4.78 is 11.0. The summed E-state index contributed by atoms with van der Waals surface area (Å²) in [6.45, 7) is 5.12. The Kier molecular flexibility index (Phi) is 6.58. The van der Waals surface area contributed by atoms with Crippen LogP contribution < -0.4 is 0 Å². The molecule has 0 radical (unpaired) electrons. The van der Waals surface area contributed by atoms with Crippen molar-refractivity contribution in [3.05, 3.63) is 35.4 Å². The van der Waals surface area contributed by atoms with Crippen LogP contribution in [0.15, 0.2) is 24.3 Å². The zero-order chi connectivity index (χ0) is 14.1. The largest absolute Gasteiger partial charge is 0.384 e. The first-order chi connectivity index (χ1) is 9.09. The van der Waals surface area contributed by atoms with Crippen molar-refractivity contribution in [1.82, 2.24) is 0 Å². The SMILES string of the molecule is COC(C)(C)CCOCc1ccccc1C#CCO. The van der Waals surface area contributed by atoms with Gasteiger partial charge in [-0.1, -0.05) is 30.0 Å². The fourth-order valence-electron chi connectivity index (χ4n) is 1.51. The number of methoxy groups -OCH3 is 1. The topological polar surface area (TPSA) is 38.7 Å². The highest BCUT2D eigenvalue weighted by Gasteiger charge is 2.15. The van der Waals surface area contributed by atoms with Gasteiger partial charge in [-0.15, -0.1) is 0 Å². The highest BCUT2D eigenvalue weighted by atomic mass is 16.5. The van der Waals surface area contributed by atoms with Crippen LogP contribution in [0.4, 0.5) is 0 Å². The van der Waals surface area contributed by atoms with Gasteiger partial charge in [-0.25, -0.2) is 0 Å². The second-order valence-corrected chi connectivity index (χ2v) is 4.88. The molecule has 19 heavy (non-hydrogen) atoms. The van der Waals surface area contributed by atoms with Crippen molar-refractivity contribution < 1.29 is 14.6 Å². The molecule has 0 amide bonds. The van der Waals surface area contributed by atoms with Crippen LogP contribution in [-0.4, -0.2) is 31.0 Å². The zero-order valence-electron chi connectivity index (χ0n) is 11.9. The number of hydrogen-bond acceptors (Lipinski definition) is 3. The normalized spacial score (nSPS) is 10.9. The van der Waals surface area contributed by atoms with E-state index >= 15 is 0 Å². The molecule has 0 fully saturated rings. The molecule has 1 rings (SSSR count). The minimum absolute atomic E-state index is 0.128. The van der Waals surface area contributed by atoms with E-state index in [2.05, 4.69) is 11.8 Å². The summed E-state index contributed by atoms with van der Waals surface area (Å²) in [5.74, 6) is 5.59. The van der Waals surface area contributed by atoms with Gasteiger partial charge in [0.15, 0.2) is 0 Å². The van der Waals surface area contributed by atoms with Crippen molar-refractivity contribution in [3.63, 3.8) is 0 Å². The maximum atomic E-state index is 8.73. The highest BCUT2D eigenvalue weighted by Crippen LogP contribution is 2.14. The van der Waals surface area contributed by atoms with E-state index in [4.69, 9.17) is 14.6 Å². The van der Waals surface area contributed by atoms with Crippen LogP contribution in [-0.2, 0) is 16.1 Å². The lowest BCUT2D eigenvalue weighted by atomic mass is 10.1. The van der Waals surface area contributed by atoms with Crippen molar-refractivity contribution in [2.75, 3.05) is 20.3 Å². The van der Waals surface area contributed by atoms with Crippen LogP contribution in [0.3, 0.4) is 0 Å². The van der Waals surface area contributed by atoms with Crippen LogP contribution in [0, 0.1) is 11.8 Å². The third-order valence-electron chi connectivity index (χ3n) is 2.98. The Morgan fingerprint density at radius 3 is 2.68 bits per heavy atom. The first-order valence-electron chi connectivity index (χ1n) is 6.39. The Bertz CT molecular complexity index is 441. The minimum Gasteiger partial charge on any atom is -0.384 e. The lowest BCUT2D eigenvalue weighted by molar-refractivity contribution is -0.0124. The fourth-order valence-corrected chi connectivity index (χ4v) is 1.51. The predicted molar refractivity (Wildman–Crippen MR) is 75.8 cm³/mol. The first kappa shape index (κ1) is 15.7.